The summed E-state index contributed by atoms with van der Waals surface area (Å²) in [6.07, 6.45) is 1.39. The number of halogens is 1. The third kappa shape index (κ3) is 2.44. The quantitative estimate of drug-likeness (QED) is 0.889. The summed E-state index contributed by atoms with van der Waals surface area (Å²) in [7, 11) is 1.37. The Morgan fingerprint density at radius 3 is 2.82 bits per heavy atom. The van der Waals surface area contributed by atoms with Crippen LogP contribution in [0.15, 0.2) is 41.0 Å². The molecule has 0 bridgehead atoms. The second-order valence-corrected chi connectivity index (χ2v) is 3.28. The van der Waals surface area contributed by atoms with E-state index in [2.05, 4.69) is 5.32 Å². The number of amides is 1. The van der Waals surface area contributed by atoms with E-state index < -0.39 is 11.7 Å². The number of carbonyl (C=O) groups excluding carboxylic acids is 1. The molecule has 17 heavy (non-hydrogen) atoms. The first kappa shape index (κ1) is 11.2. The number of ether oxygens (including phenoxy) is 1. The molecular formula is C12H10FNO3. The van der Waals surface area contributed by atoms with Gasteiger partial charge >= 0.3 is 0 Å². The summed E-state index contributed by atoms with van der Waals surface area (Å²) in [5.41, 5.74) is 0.338. The van der Waals surface area contributed by atoms with E-state index in [4.69, 9.17) is 9.15 Å². The molecule has 0 aliphatic heterocycles. The van der Waals surface area contributed by atoms with Gasteiger partial charge in [0.1, 0.15) is 0 Å². The molecule has 0 aliphatic carbocycles. The molecule has 1 aromatic carbocycles. The molecule has 0 atom stereocenters. The van der Waals surface area contributed by atoms with Gasteiger partial charge in [-0.15, -0.1) is 0 Å². The van der Waals surface area contributed by atoms with E-state index in [9.17, 15) is 9.18 Å². The lowest BCUT2D eigenvalue weighted by atomic mass is 10.3. The summed E-state index contributed by atoms with van der Waals surface area (Å²) >= 11 is 0. The van der Waals surface area contributed by atoms with Crippen LogP contribution < -0.4 is 10.1 Å². The fourth-order valence-electron chi connectivity index (χ4n) is 1.34. The Balaban J connectivity index is 2.14. The van der Waals surface area contributed by atoms with E-state index in [1.165, 1.54) is 31.6 Å². The zero-order valence-corrected chi connectivity index (χ0v) is 9.07. The van der Waals surface area contributed by atoms with Crippen molar-refractivity contribution >= 4 is 11.6 Å². The van der Waals surface area contributed by atoms with Crippen LogP contribution in [-0.2, 0) is 0 Å². The number of furan rings is 1. The summed E-state index contributed by atoms with van der Waals surface area (Å²) < 4.78 is 23.0. The van der Waals surface area contributed by atoms with Gasteiger partial charge in [0.15, 0.2) is 17.3 Å². The third-order valence-electron chi connectivity index (χ3n) is 2.15. The maximum atomic E-state index is 13.3. The predicted molar refractivity (Wildman–Crippen MR) is 59.6 cm³/mol. The molecule has 0 unspecified atom stereocenters. The predicted octanol–water partition coefficient (Wildman–Crippen LogP) is 2.68. The molecule has 0 saturated heterocycles. The lowest BCUT2D eigenvalue weighted by molar-refractivity contribution is 0.0996. The number of hydrogen-bond acceptors (Lipinski definition) is 3. The highest BCUT2D eigenvalue weighted by Crippen LogP contribution is 2.21. The molecule has 88 valence electrons. The van der Waals surface area contributed by atoms with Gasteiger partial charge in [-0.1, -0.05) is 0 Å². The average Bonchev–Trinajstić information content (AvgIpc) is 2.82. The molecule has 0 fully saturated rings. The van der Waals surface area contributed by atoms with Gasteiger partial charge in [-0.05, 0) is 24.3 Å². The Bertz CT molecular complexity index is 523. The van der Waals surface area contributed by atoms with Crippen molar-refractivity contribution in [3.63, 3.8) is 0 Å². The van der Waals surface area contributed by atoms with E-state index in [1.54, 1.807) is 12.1 Å². The van der Waals surface area contributed by atoms with Gasteiger partial charge < -0.3 is 14.5 Å². The highest BCUT2D eigenvalue weighted by molar-refractivity contribution is 6.02. The summed E-state index contributed by atoms with van der Waals surface area (Å²) in [6.45, 7) is 0. The Hall–Kier alpha value is -2.30. The minimum atomic E-state index is -0.537. The van der Waals surface area contributed by atoms with Gasteiger partial charge in [-0.25, -0.2) is 4.39 Å². The second-order valence-electron chi connectivity index (χ2n) is 3.28. The van der Waals surface area contributed by atoms with Gasteiger partial charge in [0.05, 0.1) is 13.4 Å². The van der Waals surface area contributed by atoms with Crippen LogP contribution >= 0.6 is 0 Å². The van der Waals surface area contributed by atoms with Crippen LogP contribution in [0.5, 0.6) is 5.75 Å². The molecule has 1 heterocycles. The Kier molecular flexibility index (Phi) is 3.09. The van der Waals surface area contributed by atoms with Crippen molar-refractivity contribution in [1.82, 2.24) is 0 Å². The Morgan fingerprint density at radius 1 is 1.41 bits per heavy atom. The summed E-state index contributed by atoms with van der Waals surface area (Å²) in [5, 5.41) is 2.51. The van der Waals surface area contributed by atoms with Gasteiger partial charge in [0, 0.05) is 11.8 Å². The fourth-order valence-corrected chi connectivity index (χ4v) is 1.34. The number of hydrogen-bond donors (Lipinski definition) is 1. The molecule has 2 rings (SSSR count). The summed E-state index contributed by atoms with van der Waals surface area (Å²) in [4.78, 5) is 11.6. The van der Waals surface area contributed by atoms with Gasteiger partial charge in [0.2, 0.25) is 0 Å². The Morgan fingerprint density at radius 2 is 2.24 bits per heavy atom. The second kappa shape index (κ2) is 4.69. The molecule has 0 spiro atoms. The molecule has 0 saturated carbocycles. The lowest BCUT2D eigenvalue weighted by Crippen LogP contribution is -2.10. The van der Waals surface area contributed by atoms with Crippen molar-refractivity contribution in [3.05, 3.63) is 48.2 Å². The van der Waals surface area contributed by atoms with Gasteiger partial charge in [0.25, 0.3) is 5.91 Å². The molecule has 1 aromatic heterocycles. The SMILES string of the molecule is COc1ccc(NC(=O)c2ccco2)cc1F. The molecule has 4 nitrogen and oxygen atoms in total. The monoisotopic (exact) mass is 235 g/mol. The van der Waals surface area contributed by atoms with Crippen LogP contribution in [0, 0.1) is 5.82 Å². The van der Waals surface area contributed by atoms with E-state index >= 15 is 0 Å². The van der Waals surface area contributed by atoms with Crippen LogP contribution in [0.2, 0.25) is 0 Å². The average molecular weight is 235 g/mol. The first-order chi connectivity index (χ1) is 8.20. The van der Waals surface area contributed by atoms with E-state index in [1.807, 2.05) is 0 Å². The zero-order chi connectivity index (χ0) is 12.3. The minimum absolute atomic E-state index is 0.126. The summed E-state index contributed by atoms with van der Waals surface area (Å²) in [6, 6.07) is 7.29. The molecule has 2 aromatic rings. The fraction of sp³-hybridized carbons (Fsp3) is 0.0833. The molecule has 5 heteroatoms. The lowest BCUT2D eigenvalue weighted by Gasteiger charge is -2.05. The number of nitrogens with one attached hydrogen (secondary N) is 1. The van der Waals surface area contributed by atoms with Crippen molar-refractivity contribution in [2.75, 3.05) is 12.4 Å². The number of carbonyl (C=O) groups is 1. The van der Waals surface area contributed by atoms with Crippen molar-refractivity contribution in [1.29, 1.82) is 0 Å². The molecular weight excluding hydrogens is 225 g/mol. The smallest absolute Gasteiger partial charge is 0.291 e. The van der Waals surface area contributed by atoms with Crippen LogP contribution in [0.25, 0.3) is 0 Å². The molecule has 0 radical (unpaired) electrons. The van der Waals surface area contributed by atoms with Crippen LogP contribution in [0.1, 0.15) is 10.6 Å². The maximum absolute atomic E-state index is 13.3. The van der Waals surface area contributed by atoms with Crippen molar-refractivity contribution in [2.24, 2.45) is 0 Å². The Labute approximate surface area is 97.0 Å². The first-order valence-corrected chi connectivity index (χ1v) is 4.89. The standard InChI is InChI=1S/C12H10FNO3/c1-16-10-5-4-8(7-9(10)13)14-12(15)11-3-2-6-17-11/h2-7H,1H3,(H,14,15). The van der Waals surface area contributed by atoms with E-state index in [-0.39, 0.29) is 11.5 Å². The largest absolute Gasteiger partial charge is 0.494 e. The highest BCUT2D eigenvalue weighted by atomic mass is 19.1. The number of benzene rings is 1. The number of methoxy groups -OCH3 is 1. The normalized spacial score (nSPS) is 10.0. The maximum Gasteiger partial charge on any atom is 0.291 e. The van der Waals surface area contributed by atoms with E-state index in [0.717, 1.165) is 0 Å². The van der Waals surface area contributed by atoms with Gasteiger partial charge in [-0.2, -0.15) is 0 Å². The van der Waals surface area contributed by atoms with Crippen LogP contribution in [-0.4, -0.2) is 13.0 Å². The molecule has 1 amide bonds. The molecule has 1 N–H and O–H groups in total. The number of rotatable bonds is 3. The third-order valence-corrected chi connectivity index (χ3v) is 2.15. The summed E-state index contributed by atoms with van der Waals surface area (Å²) in [5.74, 6) is -0.675. The van der Waals surface area contributed by atoms with Crippen molar-refractivity contribution in [3.8, 4) is 5.75 Å². The minimum Gasteiger partial charge on any atom is -0.494 e. The van der Waals surface area contributed by atoms with Crippen molar-refractivity contribution < 1.29 is 18.3 Å². The topological polar surface area (TPSA) is 51.5 Å². The van der Waals surface area contributed by atoms with Gasteiger partial charge in [-0.3, -0.25) is 4.79 Å². The van der Waals surface area contributed by atoms with Crippen LogP contribution in [0.4, 0.5) is 10.1 Å². The van der Waals surface area contributed by atoms with Crippen molar-refractivity contribution in [2.45, 2.75) is 0 Å². The zero-order valence-electron chi connectivity index (χ0n) is 9.07. The number of anilines is 1. The first-order valence-electron chi connectivity index (χ1n) is 4.89. The van der Waals surface area contributed by atoms with Crippen LogP contribution in [0.3, 0.4) is 0 Å². The molecule has 0 aliphatic rings. The highest BCUT2D eigenvalue weighted by Gasteiger charge is 2.10. The van der Waals surface area contributed by atoms with E-state index in [0.29, 0.717) is 5.69 Å².